The molecule has 6 atom stereocenters. The van der Waals surface area contributed by atoms with Gasteiger partial charge in [0.1, 0.15) is 0 Å². The molecule has 0 aromatic rings. The van der Waals surface area contributed by atoms with Crippen molar-refractivity contribution >= 4 is 36.2 Å². The molecule has 8 nitrogen and oxygen atoms in total. The Hall–Kier alpha value is -1.04. The normalized spacial score (nSPS) is 38.7. The van der Waals surface area contributed by atoms with Crippen LogP contribution in [0.1, 0.15) is 39.0 Å². The number of thioether (sulfide) groups is 2. The summed E-state index contributed by atoms with van der Waals surface area (Å²) in [7, 11) is 4.31. The minimum absolute atomic E-state index is 0.216. The van der Waals surface area contributed by atoms with Crippen molar-refractivity contribution in [3.8, 4) is 0 Å². The van der Waals surface area contributed by atoms with Gasteiger partial charge in [0.05, 0.1) is 27.5 Å². The number of nitrogens with two attached hydrogens (primary N) is 1. The second-order valence-electron chi connectivity index (χ2n) is 9.47. The summed E-state index contributed by atoms with van der Waals surface area (Å²) in [5.74, 6) is 1.33. The van der Waals surface area contributed by atoms with Gasteiger partial charge in [-0.15, -0.1) is 11.8 Å². The molecule has 3 saturated heterocycles. The number of fused-ring (bicyclic) bond motifs is 2. The second kappa shape index (κ2) is 8.72. The van der Waals surface area contributed by atoms with Gasteiger partial charge in [-0.1, -0.05) is 18.2 Å². The van der Waals surface area contributed by atoms with Crippen LogP contribution >= 0.6 is 23.5 Å². The standard InChI is InChI=1S/C21H34N8S2/c1-11(10-24-21(22)23-2)14-8-13-15-9-16(28(3)4)26-29(15)27-18-17(13)19(25-14)31-20(18)30-12-6-5-7-12/h10,12-17,19,25-27H,2,5-9H2,1,3-4H3,(H2,22,24)/b11-10+. The molecule has 4 fully saturated rings. The van der Waals surface area contributed by atoms with Crippen LogP contribution in [0.4, 0.5) is 0 Å². The number of hydrogen-bond donors (Lipinski definition) is 4. The second-order valence-corrected chi connectivity index (χ2v) is 12.2. The molecule has 1 saturated carbocycles. The van der Waals surface area contributed by atoms with Crippen LogP contribution in [0.25, 0.3) is 0 Å². The third-order valence-electron chi connectivity index (χ3n) is 7.33. The first kappa shape index (κ1) is 21.8. The van der Waals surface area contributed by atoms with Gasteiger partial charge in [0.2, 0.25) is 5.96 Å². The van der Waals surface area contributed by atoms with E-state index in [4.69, 9.17) is 5.73 Å². The molecule has 5 aliphatic rings. The Bertz CT molecular complexity index is 820. The fourth-order valence-corrected chi connectivity index (χ4v) is 8.62. The first-order valence-electron chi connectivity index (χ1n) is 11.2. The third kappa shape index (κ3) is 4.06. The summed E-state index contributed by atoms with van der Waals surface area (Å²) >= 11 is 4.13. The minimum Gasteiger partial charge on any atom is -0.368 e. The molecular weight excluding hydrogens is 428 g/mol. The van der Waals surface area contributed by atoms with E-state index in [0.717, 1.165) is 18.1 Å². The van der Waals surface area contributed by atoms with E-state index in [1.165, 1.54) is 34.8 Å². The number of piperidine rings is 1. The average molecular weight is 463 g/mol. The monoisotopic (exact) mass is 462 g/mol. The van der Waals surface area contributed by atoms with Crippen LogP contribution in [-0.2, 0) is 0 Å². The smallest absolute Gasteiger partial charge is 0.219 e. The Morgan fingerprint density at radius 1 is 1.35 bits per heavy atom. The zero-order chi connectivity index (χ0) is 21.7. The van der Waals surface area contributed by atoms with Crippen molar-refractivity contribution in [3.63, 3.8) is 0 Å². The Morgan fingerprint density at radius 3 is 2.84 bits per heavy atom. The van der Waals surface area contributed by atoms with Gasteiger partial charge in [0.25, 0.3) is 0 Å². The Balaban J connectivity index is 1.42. The molecule has 0 amide bonds. The lowest BCUT2D eigenvalue weighted by molar-refractivity contribution is 0.00360. The van der Waals surface area contributed by atoms with E-state index >= 15 is 0 Å². The first-order valence-corrected chi connectivity index (χ1v) is 13.0. The third-order valence-corrected chi connectivity index (χ3v) is 10.3. The molecule has 4 heterocycles. The molecule has 0 radical (unpaired) electrons. The summed E-state index contributed by atoms with van der Waals surface area (Å²) < 4.78 is 1.49. The van der Waals surface area contributed by atoms with Gasteiger partial charge in [-0.2, -0.15) is 5.12 Å². The van der Waals surface area contributed by atoms with Crippen LogP contribution in [0, 0.1) is 11.8 Å². The van der Waals surface area contributed by atoms with Crippen LogP contribution in [0.2, 0.25) is 0 Å². The molecule has 31 heavy (non-hydrogen) atoms. The van der Waals surface area contributed by atoms with Gasteiger partial charge >= 0.3 is 0 Å². The van der Waals surface area contributed by atoms with Crippen LogP contribution < -0.4 is 21.9 Å². The predicted octanol–water partition coefficient (Wildman–Crippen LogP) is 2.01. The zero-order valence-corrected chi connectivity index (χ0v) is 20.2. The molecule has 0 aromatic carbocycles. The van der Waals surface area contributed by atoms with Crippen LogP contribution in [0.15, 0.2) is 31.7 Å². The van der Waals surface area contributed by atoms with Crippen molar-refractivity contribution in [2.24, 2.45) is 27.6 Å². The van der Waals surface area contributed by atoms with E-state index in [1.807, 2.05) is 18.0 Å². The molecule has 170 valence electrons. The molecule has 0 spiro atoms. The van der Waals surface area contributed by atoms with Crippen molar-refractivity contribution in [2.45, 2.75) is 67.9 Å². The molecule has 5 rings (SSSR count). The summed E-state index contributed by atoms with van der Waals surface area (Å²) in [4.78, 5) is 10.2. The molecule has 6 unspecified atom stereocenters. The van der Waals surface area contributed by atoms with Crippen LogP contribution in [-0.4, -0.2) is 65.7 Å². The average Bonchev–Trinajstić information content (AvgIpc) is 3.31. The lowest BCUT2D eigenvalue weighted by Crippen LogP contribution is -2.63. The number of nitrogens with zero attached hydrogens (tertiary/aromatic N) is 4. The fourth-order valence-electron chi connectivity index (χ4n) is 5.25. The van der Waals surface area contributed by atoms with E-state index in [-0.39, 0.29) is 12.0 Å². The van der Waals surface area contributed by atoms with E-state index < -0.39 is 0 Å². The van der Waals surface area contributed by atoms with E-state index in [1.54, 1.807) is 0 Å². The van der Waals surface area contributed by atoms with Gasteiger partial charge in [0.15, 0.2) is 0 Å². The summed E-state index contributed by atoms with van der Waals surface area (Å²) in [6.45, 7) is 5.59. The zero-order valence-electron chi connectivity index (χ0n) is 18.5. The highest BCUT2D eigenvalue weighted by molar-refractivity contribution is 8.23. The Kier molecular flexibility index (Phi) is 6.13. The lowest BCUT2D eigenvalue weighted by atomic mass is 9.73. The lowest BCUT2D eigenvalue weighted by Gasteiger charge is -2.49. The highest BCUT2D eigenvalue weighted by atomic mass is 32.2. The van der Waals surface area contributed by atoms with E-state index in [0.29, 0.717) is 29.4 Å². The quantitative estimate of drug-likeness (QED) is 0.364. The van der Waals surface area contributed by atoms with Gasteiger partial charge in [-0.25, -0.2) is 15.4 Å². The molecule has 0 aromatic heterocycles. The van der Waals surface area contributed by atoms with Gasteiger partial charge < -0.3 is 11.2 Å². The summed E-state index contributed by atoms with van der Waals surface area (Å²) in [5.41, 5.74) is 15.9. The number of hydrogen-bond acceptors (Lipinski definition) is 8. The topological polar surface area (TPSA) is 93.3 Å². The van der Waals surface area contributed by atoms with Gasteiger partial charge in [0, 0.05) is 23.4 Å². The van der Waals surface area contributed by atoms with Crippen molar-refractivity contribution in [1.82, 2.24) is 26.2 Å². The molecule has 1 aliphatic carbocycles. The SMILES string of the molecule is C=NC(N)=N/C=C(\C)C1CC2C3C(=C(SC4CCC4)SC3N1)NN1NC(N(C)C)CC21. The van der Waals surface area contributed by atoms with Crippen molar-refractivity contribution in [1.29, 1.82) is 0 Å². The highest BCUT2D eigenvalue weighted by Crippen LogP contribution is 2.57. The first-order chi connectivity index (χ1) is 14.9. The maximum absolute atomic E-state index is 5.73. The molecule has 4 aliphatic heterocycles. The summed E-state index contributed by atoms with van der Waals surface area (Å²) in [6, 6.07) is 0.755. The van der Waals surface area contributed by atoms with Crippen molar-refractivity contribution in [3.05, 3.63) is 21.7 Å². The Morgan fingerprint density at radius 2 is 2.16 bits per heavy atom. The minimum atomic E-state index is 0.216. The largest absolute Gasteiger partial charge is 0.368 e. The maximum Gasteiger partial charge on any atom is 0.219 e. The molecular formula is C21H34N8S2. The number of nitrogens with one attached hydrogen (secondary N) is 3. The van der Waals surface area contributed by atoms with E-state index in [2.05, 4.69) is 75.7 Å². The van der Waals surface area contributed by atoms with E-state index in [9.17, 15) is 0 Å². The van der Waals surface area contributed by atoms with Crippen molar-refractivity contribution < 1.29 is 0 Å². The molecule has 10 heteroatoms. The fraction of sp³-hybridized carbons (Fsp3) is 0.714. The molecule has 0 bridgehead atoms. The van der Waals surface area contributed by atoms with Crippen LogP contribution in [0.5, 0.6) is 0 Å². The summed E-state index contributed by atoms with van der Waals surface area (Å²) in [6.07, 6.45) is 8.51. The van der Waals surface area contributed by atoms with Gasteiger partial charge in [-0.3, -0.25) is 10.2 Å². The predicted molar refractivity (Wildman–Crippen MR) is 131 cm³/mol. The van der Waals surface area contributed by atoms with Crippen molar-refractivity contribution in [2.75, 3.05) is 14.1 Å². The maximum atomic E-state index is 5.73. The number of guanidine groups is 1. The van der Waals surface area contributed by atoms with Gasteiger partial charge in [-0.05, 0) is 64.9 Å². The highest BCUT2D eigenvalue weighted by Gasteiger charge is 2.55. The van der Waals surface area contributed by atoms with Crippen LogP contribution in [0.3, 0.4) is 0 Å². The summed E-state index contributed by atoms with van der Waals surface area (Å²) in [5, 5.41) is 7.43. The number of rotatable bonds is 5. The number of aliphatic imine (C=N–C) groups is 2. The molecule has 5 N–H and O–H groups in total. The number of hydrazine groups is 2. The Labute approximate surface area is 193 Å².